The smallest absolute Gasteiger partial charge is 0.0957 e. The minimum absolute atomic E-state index is 0.726. The minimum atomic E-state index is 0.726. The molecule has 1 saturated carbocycles. The third-order valence-corrected chi connectivity index (χ3v) is 3.41. The predicted octanol–water partition coefficient (Wildman–Crippen LogP) is 3.21. The lowest BCUT2D eigenvalue weighted by molar-refractivity contribution is 0.769. The van der Waals surface area contributed by atoms with Gasteiger partial charge in [-0.1, -0.05) is 37.3 Å². The highest BCUT2D eigenvalue weighted by molar-refractivity contribution is 5.64. The van der Waals surface area contributed by atoms with Crippen LogP contribution in [0.2, 0.25) is 0 Å². The molecular formula is C14H16N2. The molecular weight excluding hydrogens is 196 g/mol. The van der Waals surface area contributed by atoms with Gasteiger partial charge in [0.1, 0.15) is 0 Å². The maximum Gasteiger partial charge on any atom is 0.0957 e. The number of benzene rings is 1. The Balaban J connectivity index is 2.07. The van der Waals surface area contributed by atoms with Crippen molar-refractivity contribution < 1.29 is 0 Å². The Kier molecular flexibility index (Phi) is 2.10. The van der Waals surface area contributed by atoms with Crippen LogP contribution in [0.25, 0.3) is 11.3 Å². The Morgan fingerprint density at radius 3 is 2.56 bits per heavy atom. The van der Waals surface area contributed by atoms with Gasteiger partial charge in [0.05, 0.1) is 5.69 Å². The molecule has 1 aliphatic carbocycles. The Morgan fingerprint density at radius 2 is 1.94 bits per heavy atom. The van der Waals surface area contributed by atoms with Gasteiger partial charge >= 0.3 is 0 Å². The minimum Gasteiger partial charge on any atom is -0.275 e. The van der Waals surface area contributed by atoms with Crippen LogP contribution in [-0.4, -0.2) is 9.78 Å². The van der Waals surface area contributed by atoms with E-state index in [4.69, 9.17) is 0 Å². The van der Waals surface area contributed by atoms with Gasteiger partial charge in [-0.25, -0.2) is 0 Å². The molecule has 0 N–H and O–H groups in total. The van der Waals surface area contributed by atoms with E-state index in [2.05, 4.69) is 42.5 Å². The van der Waals surface area contributed by atoms with Gasteiger partial charge < -0.3 is 0 Å². The SMILES string of the molecule is CC1CC1c1cn(C)nc1-c1ccccc1. The highest BCUT2D eigenvalue weighted by Gasteiger charge is 2.37. The van der Waals surface area contributed by atoms with E-state index in [-0.39, 0.29) is 0 Å². The van der Waals surface area contributed by atoms with Gasteiger partial charge in [-0.15, -0.1) is 0 Å². The summed E-state index contributed by atoms with van der Waals surface area (Å²) < 4.78 is 1.93. The fraction of sp³-hybridized carbons (Fsp3) is 0.357. The molecule has 2 atom stereocenters. The van der Waals surface area contributed by atoms with Crippen LogP contribution in [0.15, 0.2) is 36.5 Å². The average molecular weight is 212 g/mol. The third-order valence-electron chi connectivity index (χ3n) is 3.41. The number of hydrogen-bond acceptors (Lipinski definition) is 1. The molecule has 2 aromatic rings. The van der Waals surface area contributed by atoms with Gasteiger partial charge in [-0.05, 0) is 18.3 Å². The molecule has 0 spiro atoms. The molecule has 0 aliphatic heterocycles. The van der Waals surface area contributed by atoms with E-state index in [0.29, 0.717) is 0 Å². The number of rotatable bonds is 2. The van der Waals surface area contributed by atoms with Crippen molar-refractivity contribution in [1.29, 1.82) is 0 Å². The molecule has 2 heteroatoms. The molecule has 2 unspecified atom stereocenters. The maximum absolute atomic E-state index is 4.59. The van der Waals surface area contributed by atoms with E-state index in [1.807, 2.05) is 17.8 Å². The van der Waals surface area contributed by atoms with Crippen molar-refractivity contribution >= 4 is 0 Å². The standard InChI is InChI=1S/C14H16N2/c1-10-8-12(10)13-9-16(2)15-14(13)11-6-4-3-5-7-11/h3-7,9-10,12H,8H2,1-2H3. The molecule has 0 amide bonds. The Morgan fingerprint density at radius 1 is 1.25 bits per heavy atom. The fourth-order valence-electron chi connectivity index (χ4n) is 2.35. The first-order chi connectivity index (χ1) is 7.75. The van der Waals surface area contributed by atoms with Gasteiger partial charge in [-0.2, -0.15) is 5.10 Å². The summed E-state index contributed by atoms with van der Waals surface area (Å²) in [6.45, 7) is 2.31. The molecule has 82 valence electrons. The lowest BCUT2D eigenvalue weighted by atomic mass is 10.0. The van der Waals surface area contributed by atoms with E-state index in [1.165, 1.54) is 17.5 Å². The quantitative estimate of drug-likeness (QED) is 0.747. The fourth-order valence-corrected chi connectivity index (χ4v) is 2.35. The summed E-state index contributed by atoms with van der Waals surface area (Å²) in [6, 6.07) is 10.5. The number of hydrogen-bond donors (Lipinski definition) is 0. The van der Waals surface area contributed by atoms with Crippen LogP contribution < -0.4 is 0 Å². The lowest BCUT2D eigenvalue weighted by Crippen LogP contribution is -1.87. The molecule has 0 saturated heterocycles. The van der Waals surface area contributed by atoms with Gasteiger partial charge in [0.15, 0.2) is 0 Å². The van der Waals surface area contributed by atoms with Crippen molar-refractivity contribution in [2.75, 3.05) is 0 Å². The number of aromatic nitrogens is 2. The average Bonchev–Trinajstić information content (AvgIpc) is 2.88. The highest BCUT2D eigenvalue weighted by Crippen LogP contribution is 2.49. The van der Waals surface area contributed by atoms with Crippen molar-refractivity contribution in [3.05, 3.63) is 42.1 Å². The van der Waals surface area contributed by atoms with Gasteiger partial charge in [-0.3, -0.25) is 4.68 Å². The molecule has 1 aromatic carbocycles. The van der Waals surface area contributed by atoms with Crippen molar-refractivity contribution in [2.45, 2.75) is 19.3 Å². The lowest BCUT2D eigenvalue weighted by Gasteiger charge is -2.00. The summed E-state index contributed by atoms with van der Waals surface area (Å²) in [5.41, 5.74) is 3.82. The molecule has 2 nitrogen and oxygen atoms in total. The van der Waals surface area contributed by atoms with Crippen molar-refractivity contribution in [3.63, 3.8) is 0 Å². The topological polar surface area (TPSA) is 17.8 Å². The zero-order valence-corrected chi connectivity index (χ0v) is 9.72. The summed E-state index contributed by atoms with van der Waals surface area (Å²) in [4.78, 5) is 0. The van der Waals surface area contributed by atoms with Crippen LogP contribution in [0.4, 0.5) is 0 Å². The number of aryl methyl sites for hydroxylation is 1. The first-order valence-electron chi connectivity index (χ1n) is 5.84. The molecule has 16 heavy (non-hydrogen) atoms. The highest BCUT2D eigenvalue weighted by atomic mass is 15.3. The van der Waals surface area contributed by atoms with E-state index < -0.39 is 0 Å². The Hall–Kier alpha value is -1.57. The molecule has 0 bridgehead atoms. The second-order valence-corrected chi connectivity index (χ2v) is 4.79. The van der Waals surface area contributed by atoms with Crippen LogP contribution in [0.1, 0.15) is 24.8 Å². The number of nitrogens with zero attached hydrogens (tertiary/aromatic N) is 2. The molecule has 3 rings (SSSR count). The molecule has 1 aliphatic rings. The molecule has 1 heterocycles. The second-order valence-electron chi connectivity index (χ2n) is 4.79. The zero-order chi connectivity index (χ0) is 11.1. The third kappa shape index (κ3) is 1.54. The first kappa shape index (κ1) is 9.64. The van der Waals surface area contributed by atoms with Gasteiger partial charge in [0.2, 0.25) is 0 Å². The molecule has 0 radical (unpaired) electrons. The van der Waals surface area contributed by atoms with Crippen molar-refractivity contribution in [1.82, 2.24) is 9.78 Å². The predicted molar refractivity (Wildman–Crippen MR) is 65.2 cm³/mol. The first-order valence-corrected chi connectivity index (χ1v) is 5.84. The summed E-state index contributed by atoms with van der Waals surface area (Å²) >= 11 is 0. The second kappa shape index (κ2) is 3.48. The van der Waals surface area contributed by atoms with E-state index in [9.17, 15) is 0 Å². The van der Waals surface area contributed by atoms with Crippen LogP contribution in [0.3, 0.4) is 0 Å². The monoisotopic (exact) mass is 212 g/mol. The van der Waals surface area contributed by atoms with Crippen LogP contribution in [0.5, 0.6) is 0 Å². The zero-order valence-electron chi connectivity index (χ0n) is 9.72. The van der Waals surface area contributed by atoms with E-state index in [0.717, 1.165) is 17.5 Å². The summed E-state index contributed by atoms with van der Waals surface area (Å²) in [7, 11) is 2.00. The summed E-state index contributed by atoms with van der Waals surface area (Å²) in [6.07, 6.45) is 3.49. The Labute approximate surface area is 95.9 Å². The maximum atomic E-state index is 4.59. The molecule has 1 aromatic heterocycles. The molecule has 1 fully saturated rings. The van der Waals surface area contributed by atoms with Crippen molar-refractivity contribution in [2.24, 2.45) is 13.0 Å². The van der Waals surface area contributed by atoms with E-state index in [1.54, 1.807) is 0 Å². The van der Waals surface area contributed by atoms with Crippen molar-refractivity contribution in [3.8, 4) is 11.3 Å². The van der Waals surface area contributed by atoms with Crippen LogP contribution in [-0.2, 0) is 7.05 Å². The summed E-state index contributed by atoms with van der Waals surface area (Å²) in [5.74, 6) is 1.55. The van der Waals surface area contributed by atoms with Gasteiger partial charge in [0.25, 0.3) is 0 Å². The Bertz CT molecular complexity index is 499. The normalized spacial score (nSPS) is 23.4. The summed E-state index contributed by atoms with van der Waals surface area (Å²) in [5, 5.41) is 4.59. The van der Waals surface area contributed by atoms with Crippen LogP contribution in [0, 0.1) is 5.92 Å². The van der Waals surface area contributed by atoms with E-state index >= 15 is 0 Å². The van der Waals surface area contributed by atoms with Crippen LogP contribution >= 0.6 is 0 Å². The van der Waals surface area contributed by atoms with Gasteiger partial charge in [0, 0.05) is 24.4 Å². The largest absolute Gasteiger partial charge is 0.275 e.